The lowest BCUT2D eigenvalue weighted by molar-refractivity contribution is -0.139. The summed E-state index contributed by atoms with van der Waals surface area (Å²) >= 11 is 0. The molecule has 0 saturated heterocycles. The van der Waals surface area contributed by atoms with Crippen LogP contribution in [0.2, 0.25) is 0 Å². The fraction of sp³-hybridized carbons (Fsp3) is 0.417. The number of carbonyl (C=O) groups excluding carboxylic acids is 2. The van der Waals surface area contributed by atoms with Crippen LogP contribution >= 0.6 is 0 Å². The van der Waals surface area contributed by atoms with Crippen molar-refractivity contribution < 1.29 is 26.8 Å². The van der Waals surface area contributed by atoms with E-state index in [4.69, 9.17) is 0 Å². The van der Waals surface area contributed by atoms with E-state index in [0.29, 0.717) is 6.54 Å². The van der Waals surface area contributed by atoms with Gasteiger partial charge in [-0.15, -0.1) is 0 Å². The van der Waals surface area contributed by atoms with Gasteiger partial charge in [0.15, 0.2) is 0 Å². The molecular formula is C24H32F2N4O4S. The average molecular weight is 511 g/mol. The number of halogens is 2. The summed E-state index contributed by atoms with van der Waals surface area (Å²) in [4.78, 5) is 27.4. The number of nitrogens with one attached hydrogen (secondary N) is 1. The first-order valence-corrected chi connectivity index (χ1v) is 12.6. The third-order valence-electron chi connectivity index (χ3n) is 5.43. The molecule has 0 bridgehead atoms. The van der Waals surface area contributed by atoms with E-state index < -0.39 is 46.2 Å². The lowest BCUT2D eigenvalue weighted by Crippen LogP contribution is -2.52. The van der Waals surface area contributed by atoms with E-state index in [0.717, 1.165) is 38.5 Å². The Labute approximate surface area is 205 Å². The SMILES string of the molecule is CCCCNC(=O)[C@H](C)N(Cc1ccccc1F)C(=O)CN(c1ccc(F)cc1)S(=O)(=O)N(C)C. The van der Waals surface area contributed by atoms with Crippen molar-refractivity contribution in [3.05, 3.63) is 65.7 Å². The summed E-state index contributed by atoms with van der Waals surface area (Å²) < 4.78 is 55.6. The molecule has 0 heterocycles. The van der Waals surface area contributed by atoms with E-state index in [1.54, 1.807) is 6.07 Å². The van der Waals surface area contributed by atoms with E-state index in [9.17, 15) is 26.8 Å². The lowest BCUT2D eigenvalue weighted by atomic mass is 10.1. The van der Waals surface area contributed by atoms with E-state index in [1.807, 2.05) is 6.92 Å². The van der Waals surface area contributed by atoms with Crippen molar-refractivity contribution in [1.29, 1.82) is 0 Å². The predicted octanol–water partition coefficient (Wildman–Crippen LogP) is 2.91. The number of hydrogen-bond acceptors (Lipinski definition) is 4. The smallest absolute Gasteiger partial charge is 0.304 e. The van der Waals surface area contributed by atoms with Crippen molar-refractivity contribution in [3.8, 4) is 0 Å². The Kier molecular flexibility index (Phi) is 10.1. The second-order valence-electron chi connectivity index (χ2n) is 8.21. The number of carbonyl (C=O) groups is 2. The molecular weight excluding hydrogens is 478 g/mol. The fourth-order valence-corrected chi connectivity index (χ4v) is 4.31. The predicted molar refractivity (Wildman–Crippen MR) is 131 cm³/mol. The van der Waals surface area contributed by atoms with Gasteiger partial charge in [-0.3, -0.25) is 9.59 Å². The maximum atomic E-state index is 14.4. The maximum absolute atomic E-state index is 14.4. The van der Waals surface area contributed by atoms with Gasteiger partial charge in [-0.25, -0.2) is 13.1 Å². The van der Waals surface area contributed by atoms with Crippen LogP contribution in [0.5, 0.6) is 0 Å². The van der Waals surface area contributed by atoms with Crippen LogP contribution in [0.25, 0.3) is 0 Å². The summed E-state index contributed by atoms with van der Waals surface area (Å²) in [6, 6.07) is 9.49. The molecule has 0 radical (unpaired) electrons. The van der Waals surface area contributed by atoms with Crippen molar-refractivity contribution in [3.63, 3.8) is 0 Å². The average Bonchev–Trinajstić information content (AvgIpc) is 2.82. The Morgan fingerprint density at radius 3 is 2.23 bits per heavy atom. The Bertz CT molecular complexity index is 1110. The molecule has 2 aromatic rings. The molecule has 0 saturated carbocycles. The molecule has 0 unspecified atom stereocenters. The fourth-order valence-electron chi connectivity index (χ4n) is 3.25. The molecule has 2 aromatic carbocycles. The highest BCUT2D eigenvalue weighted by molar-refractivity contribution is 7.90. The molecule has 1 atom stereocenters. The van der Waals surface area contributed by atoms with Crippen LogP contribution in [-0.2, 0) is 26.3 Å². The van der Waals surface area contributed by atoms with Crippen LogP contribution < -0.4 is 9.62 Å². The third-order valence-corrected chi connectivity index (χ3v) is 7.25. The zero-order chi connectivity index (χ0) is 26.2. The summed E-state index contributed by atoms with van der Waals surface area (Å²) in [5.74, 6) is -2.28. The minimum atomic E-state index is -4.16. The molecule has 0 spiro atoms. The molecule has 2 rings (SSSR count). The number of rotatable bonds is 12. The van der Waals surface area contributed by atoms with Crippen molar-refractivity contribution in [2.75, 3.05) is 31.5 Å². The Balaban J connectivity index is 2.42. The van der Waals surface area contributed by atoms with Crippen molar-refractivity contribution in [1.82, 2.24) is 14.5 Å². The summed E-state index contributed by atoms with van der Waals surface area (Å²) in [5.41, 5.74) is 0.247. The van der Waals surface area contributed by atoms with Gasteiger partial charge in [-0.1, -0.05) is 31.5 Å². The van der Waals surface area contributed by atoms with Crippen LogP contribution in [0.3, 0.4) is 0 Å². The second kappa shape index (κ2) is 12.6. The van der Waals surface area contributed by atoms with E-state index in [2.05, 4.69) is 5.32 Å². The zero-order valence-corrected chi connectivity index (χ0v) is 21.2. The van der Waals surface area contributed by atoms with E-state index in [-0.39, 0.29) is 17.8 Å². The van der Waals surface area contributed by atoms with Crippen LogP contribution in [0.1, 0.15) is 32.3 Å². The van der Waals surface area contributed by atoms with Gasteiger partial charge in [0.05, 0.1) is 5.69 Å². The number of anilines is 1. The summed E-state index contributed by atoms with van der Waals surface area (Å²) in [6.45, 7) is 2.97. The number of hydrogen-bond donors (Lipinski definition) is 1. The maximum Gasteiger partial charge on any atom is 0.304 e. The molecule has 35 heavy (non-hydrogen) atoms. The standard InChI is InChI=1S/C24H32F2N4O4S/c1-5-6-15-27-24(32)18(2)29(16-19-9-7-8-10-22(19)26)23(31)17-30(35(33,34)28(3)4)21-13-11-20(25)12-14-21/h7-14,18H,5-6,15-17H2,1-4H3,(H,27,32)/t18-/m0/s1. The van der Waals surface area contributed by atoms with E-state index >= 15 is 0 Å². The summed E-state index contributed by atoms with van der Waals surface area (Å²) in [7, 11) is -1.55. The van der Waals surface area contributed by atoms with Crippen LogP contribution in [0.4, 0.5) is 14.5 Å². The second-order valence-corrected chi connectivity index (χ2v) is 10.3. The van der Waals surface area contributed by atoms with Crippen molar-refractivity contribution in [2.24, 2.45) is 0 Å². The normalized spacial score (nSPS) is 12.3. The molecule has 2 amide bonds. The van der Waals surface area contributed by atoms with Crippen molar-refractivity contribution in [2.45, 2.75) is 39.3 Å². The largest absolute Gasteiger partial charge is 0.354 e. The number of benzene rings is 2. The van der Waals surface area contributed by atoms with Gasteiger partial charge < -0.3 is 10.2 Å². The van der Waals surface area contributed by atoms with E-state index in [1.165, 1.54) is 51.4 Å². The molecule has 0 aliphatic rings. The van der Waals surface area contributed by atoms with Crippen LogP contribution in [0, 0.1) is 11.6 Å². The first-order chi connectivity index (χ1) is 16.5. The molecule has 0 aliphatic heterocycles. The lowest BCUT2D eigenvalue weighted by Gasteiger charge is -2.32. The van der Waals surface area contributed by atoms with Gasteiger partial charge in [-0.2, -0.15) is 12.7 Å². The molecule has 0 aliphatic carbocycles. The first kappa shape index (κ1) is 28.2. The summed E-state index contributed by atoms with van der Waals surface area (Å²) in [6.07, 6.45) is 1.61. The molecule has 0 aromatic heterocycles. The van der Waals surface area contributed by atoms with Gasteiger partial charge in [0.1, 0.15) is 24.2 Å². The van der Waals surface area contributed by atoms with Crippen LogP contribution in [-0.4, -0.2) is 62.7 Å². The highest BCUT2D eigenvalue weighted by Gasteiger charge is 2.32. The monoisotopic (exact) mass is 510 g/mol. The number of nitrogens with zero attached hydrogens (tertiary/aromatic N) is 3. The van der Waals surface area contributed by atoms with Gasteiger partial charge >= 0.3 is 10.2 Å². The van der Waals surface area contributed by atoms with Crippen LogP contribution in [0.15, 0.2) is 48.5 Å². The van der Waals surface area contributed by atoms with Gasteiger partial charge in [-0.05, 0) is 43.7 Å². The topological polar surface area (TPSA) is 90.0 Å². The minimum Gasteiger partial charge on any atom is -0.354 e. The molecule has 1 N–H and O–H groups in total. The Morgan fingerprint density at radius 2 is 1.66 bits per heavy atom. The molecule has 0 fully saturated rings. The Hall–Kier alpha value is -3.05. The third kappa shape index (κ3) is 7.46. The van der Waals surface area contributed by atoms with Gasteiger partial charge in [0.25, 0.3) is 0 Å². The molecule has 11 heteroatoms. The summed E-state index contributed by atoms with van der Waals surface area (Å²) in [5, 5.41) is 2.75. The van der Waals surface area contributed by atoms with Gasteiger partial charge in [0.2, 0.25) is 11.8 Å². The highest BCUT2D eigenvalue weighted by atomic mass is 32.2. The zero-order valence-electron chi connectivity index (χ0n) is 20.4. The minimum absolute atomic E-state index is 0.0688. The Morgan fingerprint density at radius 1 is 1.03 bits per heavy atom. The molecule has 8 nitrogen and oxygen atoms in total. The highest BCUT2D eigenvalue weighted by Crippen LogP contribution is 2.21. The molecule has 192 valence electrons. The first-order valence-electron chi connectivity index (χ1n) is 11.2. The quantitative estimate of drug-likeness (QED) is 0.445. The van der Waals surface area contributed by atoms with Gasteiger partial charge in [0, 0.05) is 32.7 Å². The number of unbranched alkanes of at least 4 members (excludes halogenated alkanes) is 1. The van der Waals surface area contributed by atoms with Crippen molar-refractivity contribution >= 4 is 27.7 Å². The number of amides is 2.